The van der Waals surface area contributed by atoms with Crippen LogP contribution in [0, 0.1) is 0 Å². The number of hydrazone groups is 1. The largest absolute Gasteiger partial charge is 0.506 e. The summed E-state index contributed by atoms with van der Waals surface area (Å²) in [4.78, 5) is 22.9. The lowest BCUT2D eigenvalue weighted by Crippen LogP contribution is -2.17. The van der Waals surface area contributed by atoms with Crippen LogP contribution < -0.4 is 10.7 Å². The second kappa shape index (κ2) is 8.07. The molecule has 2 aromatic rings. The van der Waals surface area contributed by atoms with Crippen LogP contribution in [0.5, 0.6) is 5.75 Å². The van der Waals surface area contributed by atoms with E-state index in [-0.39, 0.29) is 11.7 Å². The molecular formula is C16H13Br2N3O3. The Morgan fingerprint density at radius 3 is 2.46 bits per heavy atom. The van der Waals surface area contributed by atoms with Crippen molar-refractivity contribution in [3.05, 3.63) is 56.5 Å². The number of hydrogen-bond donors (Lipinski definition) is 3. The van der Waals surface area contributed by atoms with Gasteiger partial charge in [0.1, 0.15) is 5.75 Å². The molecule has 0 saturated heterocycles. The van der Waals surface area contributed by atoms with Gasteiger partial charge < -0.3 is 10.4 Å². The molecule has 0 aliphatic heterocycles. The summed E-state index contributed by atoms with van der Waals surface area (Å²) in [7, 11) is 0. The molecule has 8 heteroatoms. The number of nitrogens with zero attached hydrogens (tertiary/aromatic N) is 1. The molecule has 2 amide bonds. The minimum absolute atomic E-state index is 0.0239. The van der Waals surface area contributed by atoms with Gasteiger partial charge in [0.05, 0.1) is 10.7 Å². The quantitative estimate of drug-likeness (QED) is 0.486. The third kappa shape index (κ3) is 4.90. The van der Waals surface area contributed by atoms with E-state index in [1.54, 1.807) is 36.4 Å². The minimum atomic E-state index is -0.408. The van der Waals surface area contributed by atoms with Crippen molar-refractivity contribution in [2.75, 3.05) is 5.32 Å². The van der Waals surface area contributed by atoms with Crippen molar-refractivity contribution in [3.63, 3.8) is 0 Å². The average molecular weight is 455 g/mol. The number of benzene rings is 2. The van der Waals surface area contributed by atoms with E-state index in [0.717, 1.165) is 4.47 Å². The van der Waals surface area contributed by atoms with E-state index in [0.29, 0.717) is 21.3 Å². The standard InChI is InChI=1S/C16H13Br2N3O3/c1-9(22)20-13-4-2-10(3-5-13)16(24)21-19-8-11-6-12(17)7-14(18)15(11)23/h2-8,23H,1H3,(H,20,22)(H,21,24)/b19-8-. The number of amides is 2. The first-order chi connectivity index (χ1) is 11.4. The van der Waals surface area contributed by atoms with Gasteiger partial charge >= 0.3 is 0 Å². The first-order valence-corrected chi connectivity index (χ1v) is 8.34. The second-order valence-corrected chi connectivity index (χ2v) is 6.55. The first kappa shape index (κ1) is 18.2. The number of carbonyl (C=O) groups is 2. The molecule has 6 nitrogen and oxygen atoms in total. The molecule has 0 fully saturated rings. The lowest BCUT2D eigenvalue weighted by Gasteiger charge is -2.04. The Hall–Kier alpha value is -2.19. The van der Waals surface area contributed by atoms with Crippen LogP contribution in [-0.2, 0) is 4.79 Å². The molecular weight excluding hydrogens is 442 g/mol. The number of rotatable bonds is 4. The number of anilines is 1. The molecule has 24 heavy (non-hydrogen) atoms. The van der Waals surface area contributed by atoms with Crippen LogP contribution in [0.1, 0.15) is 22.8 Å². The van der Waals surface area contributed by atoms with E-state index in [4.69, 9.17) is 0 Å². The zero-order valence-electron chi connectivity index (χ0n) is 12.5. The fourth-order valence-corrected chi connectivity index (χ4v) is 3.08. The monoisotopic (exact) mass is 453 g/mol. The smallest absolute Gasteiger partial charge is 0.271 e. The molecule has 0 heterocycles. The van der Waals surface area contributed by atoms with Crippen molar-refractivity contribution >= 4 is 55.6 Å². The van der Waals surface area contributed by atoms with Crippen molar-refractivity contribution < 1.29 is 14.7 Å². The molecule has 0 atom stereocenters. The summed E-state index contributed by atoms with van der Waals surface area (Å²) in [6.45, 7) is 1.41. The van der Waals surface area contributed by atoms with Gasteiger partial charge in [0.25, 0.3) is 5.91 Å². The summed E-state index contributed by atoms with van der Waals surface area (Å²) in [5, 5.41) is 16.4. The normalized spacial score (nSPS) is 10.6. The number of nitrogens with one attached hydrogen (secondary N) is 2. The van der Waals surface area contributed by atoms with Gasteiger partial charge in [0, 0.05) is 28.2 Å². The second-order valence-electron chi connectivity index (χ2n) is 4.78. The van der Waals surface area contributed by atoms with E-state index in [2.05, 4.69) is 47.7 Å². The number of halogens is 2. The Bertz CT molecular complexity index is 805. The fraction of sp³-hybridized carbons (Fsp3) is 0.0625. The van der Waals surface area contributed by atoms with Crippen LogP contribution in [0.2, 0.25) is 0 Å². The number of carbonyl (C=O) groups excluding carboxylic acids is 2. The van der Waals surface area contributed by atoms with E-state index in [1.807, 2.05) is 0 Å². The summed E-state index contributed by atoms with van der Waals surface area (Å²) in [5.41, 5.74) is 3.81. The Labute approximate surface area is 155 Å². The topological polar surface area (TPSA) is 90.8 Å². The van der Waals surface area contributed by atoms with E-state index in [9.17, 15) is 14.7 Å². The molecule has 0 radical (unpaired) electrons. The zero-order chi connectivity index (χ0) is 17.7. The number of aromatic hydroxyl groups is 1. The molecule has 2 aromatic carbocycles. The first-order valence-electron chi connectivity index (χ1n) is 6.76. The summed E-state index contributed by atoms with van der Waals surface area (Å²) in [6.07, 6.45) is 1.34. The number of phenolic OH excluding ortho intramolecular Hbond substituents is 1. The SMILES string of the molecule is CC(=O)Nc1ccc(C(=O)N/N=C\c2cc(Br)cc(Br)c2O)cc1. The van der Waals surface area contributed by atoms with Gasteiger partial charge in [-0.25, -0.2) is 5.43 Å². The van der Waals surface area contributed by atoms with Crippen molar-refractivity contribution in [3.8, 4) is 5.75 Å². The van der Waals surface area contributed by atoms with Gasteiger partial charge in [-0.3, -0.25) is 9.59 Å². The predicted octanol–water partition coefficient (Wildman–Crippen LogP) is 3.64. The molecule has 0 unspecified atom stereocenters. The summed E-state index contributed by atoms with van der Waals surface area (Å²) in [5.74, 6) is -0.568. The maximum Gasteiger partial charge on any atom is 0.271 e. The van der Waals surface area contributed by atoms with E-state index < -0.39 is 5.91 Å². The molecule has 0 spiro atoms. The lowest BCUT2D eigenvalue weighted by atomic mass is 10.2. The zero-order valence-corrected chi connectivity index (χ0v) is 15.7. The van der Waals surface area contributed by atoms with Gasteiger partial charge in [-0.1, -0.05) is 15.9 Å². The number of phenols is 1. The molecule has 0 aliphatic carbocycles. The summed E-state index contributed by atoms with van der Waals surface area (Å²) < 4.78 is 1.27. The van der Waals surface area contributed by atoms with Gasteiger partial charge in [-0.05, 0) is 52.3 Å². The van der Waals surface area contributed by atoms with E-state index >= 15 is 0 Å². The van der Waals surface area contributed by atoms with Crippen molar-refractivity contribution in [1.82, 2.24) is 5.43 Å². The maximum atomic E-state index is 12.0. The van der Waals surface area contributed by atoms with Gasteiger partial charge in [-0.2, -0.15) is 5.10 Å². The molecule has 0 bridgehead atoms. The van der Waals surface area contributed by atoms with Crippen molar-refractivity contribution in [2.24, 2.45) is 5.10 Å². The molecule has 0 aliphatic rings. The highest BCUT2D eigenvalue weighted by Crippen LogP contribution is 2.30. The Kier molecular flexibility index (Phi) is 6.10. The molecule has 124 valence electrons. The van der Waals surface area contributed by atoms with Gasteiger partial charge in [0.15, 0.2) is 0 Å². The average Bonchev–Trinajstić information content (AvgIpc) is 2.52. The predicted molar refractivity (Wildman–Crippen MR) is 99.3 cm³/mol. The van der Waals surface area contributed by atoms with Crippen LogP contribution in [-0.4, -0.2) is 23.1 Å². The third-order valence-electron chi connectivity index (χ3n) is 2.89. The van der Waals surface area contributed by atoms with Crippen molar-refractivity contribution in [1.29, 1.82) is 0 Å². The van der Waals surface area contributed by atoms with Crippen LogP contribution in [0.15, 0.2) is 50.4 Å². The highest BCUT2D eigenvalue weighted by Gasteiger charge is 2.07. The van der Waals surface area contributed by atoms with Gasteiger partial charge in [-0.15, -0.1) is 0 Å². The van der Waals surface area contributed by atoms with Crippen LogP contribution in [0.3, 0.4) is 0 Å². The highest BCUT2D eigenvalue weighted by atomic mass is 79.9. The van der Waals surface area contributed by atoms with Gasteiger partial charge in [0.2, 0.25) is 5.91 Å². The molecule has 0 aromatic heterocycles. The molecule has 0 saturated carbocycles. The number of hydrogen-bond acceptors (Lipinski definition) is 4. The molecule has 3 N–H and O–H groups in total. The summed E-state index contributed by atoms with van der Waals surface area (Å²) >= 11 is 6.53. The van der Waals surface area contributed by atoms with Crippen LogP contribution in [0.25, 0.3) is 0 Å². The van der Waals surface area contributed by atoms with Crippen LogP contribution in [0.4, 0.5) is 5.69 Å². The Balaban J connectivity index is 2.04. The third-order valence-corrected chi connectivity index (χ3v) is 3.96. The van der Waals surface area contributed by atoms with Crippen LogP contribution >= 0.6 is 31.9 Å². The Morgan fingerprint density at radius 2 is 1.83 bits per heavy atom. The fourth-order valence-electron chi connectivity index (χ4n) is 1.82. The highest BCUT2D eigenvalue weighted by molar-refractivity contribution is 9.11. The van der Waals surface area contributed by atoms with E-state index in [1.165, 1.54) is 13.1 Å². The Morgan fingerprint density at radius 1 is 1.17 bits per heavy atom. The van der Waals surface area contributed by atoms with Crippen molar-refractivity contribution in [2.45, 2.75) is 6.92 Å². The lowest BCUT2D eigenvalue weighted by molar-refractivity contribution is -0.114. The molecule has 2 rings (SSSR count). The summed E-state index contributed by atoms with van der Waals surface area (Å²) in [6, 6.07) is 9.75. The minimum Gasteiger partial charge on any atom is -0.506 e. The maximum absolute atomic E-state index is 12.0.